The number of carbonyl (C=O) groups excluding carboxylic acids is 3. The normalized spacial score (nSPS) is 15.1. The quantitative estimate of drug-likeness (QED) is 0.103. The van der Waals surface area contributed by atoms with Crippen molar-refractivity contribution >= 4 is 23.7 Å². The standard InChI is InChI=1S/C22H35N9O6/c1-12(32)18(24)21(35)31-17(7-14-9-26-11-28-14)20(34)30-16(6-13-8-25-10-27-13)19(33)29-15(22(36)37)4-2-3-5-23/h8-12,15-18,32H,2-7,23-24H2,1H3,(H,25,27)(H,26,28)(H,29,33)(H,30,34)(H,31,35)(H,36,37). The number of aliphatic carboxylic acids is 1. The molecule has 0 fully saturated rings. The summed E-state index contributed by atoms with van der Waals surface area (Å²) in [5, 5.41) is 26.7. The zero-order chi connectivity index (χ0) is 27.4. The van der Waals surface area contributed by atoms with E-state index in [1.807, 2.05) is 0 Å². The summed E-state index contributed by atoms with van der Waals surface area (Å²) in [4.78, 5) is 64.0. The number of carboxylic acid groups (broad SMARTS) is 1. The number of hydrogen-bond donors (Lipinski definition) is 9. The van der Waals surface area contributed by atoms with Crippen LogP contribution in [0.15, 0.2) is 25.0 Å². The fourth-order valence-corrected chi connectivity index (χ4v) is 3.43. The molecule has 15 nitrogen and oxygen atoms in total. The fourth-order valence-electron chi connectivity index (χ4n) is 3.43. The predicted molar refractivity (Wildman–Crippen MR) is 131 cm³/mol. The summed E-state index contributed by atoms with van der Waals surface area (Å²) in [6.07, 6.45) is 5.79. The maximum atomic E-state index is 13.3. The number of nitrogens with zero attached hydrogens (tertiary/aromatic N) is 2. The van der Waals surface area contributed by atoms with Gasteiger partial charge >= 0.3 is 5.97 Å². The molecule has 0 radical (unpaired) electrons. The van der Waals surface area contributed by atoms with Crippen molar-refractivity contribution in [1.29, 1.82) is 0 Å². The molecule has 0 aromatic carbocycles. The van der Waals surface area contributed by atoms with E-state index in [9.17, 15) is 29.4 Å². The van der Waals surface area contributed by atoms with Crippen molar-refractivity contribution in [3.05, 3.63) is 36.4 Å². The van der Waals surface area contributed by atoms with Crippen LogP contribution in [0.1, 0.15) is 37.6 Å². The van der Waals surface area contributed by atoms with E-state index in [0.717, 1.165) is 0 Å². The molecule has 2 aromatic heterocycles. The third-order valence-corrected chi connectivity index (χ3v) is 5.61. The number of aliphatic hydroxyl groups is 1. The van der Waals surface area contributed by atoms with Crippen LogP contribution in [-0.4, -0.2) is 90.7 Å². The van der Waals surface area contributed by atoms with Crippen LogP contribution in [0.3, 0.4) is 0 Å². The first kappa shape index (κ1) is 29.4. The van der Waals surface area contributed by atoms with Crippen LogP contribution in [0.2, 0.25) is 0 Å². The predicted octanol–water partition coefficient (Wildman–Crippen LogP) is -2.71. The average Bonchev–Trinajstić information content (AvgIpc) is 3.56. The lowest BCUT2D eigenvalue weighted by molar-refractivity contribution is -0.142. The Morgan fingerprint density at radius 1 is 0.892 bits per heavy atom. The van der Waals surface area contributed by atoms with E-state index in [2.05, 4.69) is 35.9 Å². The van der Waals surface area contributed by atoms with Gasteiger partial charge in [0.2, 0.25) is 17.7 Å². The molecule has 0 saturated heterocycles. The molecule has 5 atom stereocenters. The molecule has 15 heteroatoms. The second kappa shape index (κ2) is 14.7. The Bertz CT molecular complexity index is 996. The molecule has 37 heavy (non-hydrogen) atoms. The Morgan fingerprint density at radius 3 is 1.78 bits per heavy atom. The molecule has 0 aliphatic carbocycles. The summed E-state index contributed by atoms with van der Waals surface area (Å²) in [6, 6.07) is -4.85. The summed E-state index contributed by atoms with van der Waals surface area (Å²) in [5.74, 6) is -3.44. The van der Waals surface area contributed by atoms with Crippen molar-refractivity contribution in [3.8, 4) is 0 Å². The largest absolute Gasteiger partial charge is 0.480 e. The minimum atomic E-state index is -1.29. The highest BCUT2D eigenvalue weighted by Crippen LogP contribution is 2.06. The molecule has 2 heterocycles. The van der Waals surface area contributed by atoms with E-state index < -0.39 is 54.0 Å². The highest BCUT2D eigenvalue weighted by Gasteiger charge is 2.31. The summed E-state index contributed by atoms with van der Waals surface area (Å²) < 4.78 is 0. The number of aromatic amines is 2. The van der Waals surface area contributed by atoms with Crippen LogP contribution in [0, 0.1) is 0 Å². The van der Waals surface area contributed by atoms with Crippen molar-refractivity contribution in [2.45, 2.75) is 69.3 Å². The number of rotatable bonds is 16. The van der Waals surface area contributed by atoms with Gasteiger partial charge in [-0.3, -0.25) is 14.4 Å². The second-order valence-corrected chi connectivity index (χ2v) is 8.63. The van der Waals surface area contributed by atoms with Crippen LogP contribution >= 0.6 is 0 Å². The molecule has 11 N–H and O–H groups in total. The van der Waals surface area contributed by atoms with Gasteiger partial charge in [-0.2, -0.15) is 0 Å². The smallest absolute Gasteiger partial charge is 0.326 e. The summed E-state index contributed by atoms with van der Waals surface area (Å²) >= 11 is 0. The van der Waals surface area contributed by atoms with E-state index in [1.165, 1.54) is 32.0 Å². The number of aliphatic hydroxyl groups excluding tert-OH is 1. The van der Waals surface area contributed by atoms with Crippen molar-refractivity contribution in [2.24, 2.45) is 11.5 Å². The van der Waals surface area contributed by atoms with Gasteiger partial charge in [0.15, 0.2) is 0 Å². The number of amides is 3. The molecule has 0 aliphatic heterocycles. The second-order valence-electron chi connectivity index (χ2n) is 8.63. The number of imidazole rings is 2. The number of carbonyl (C=O) groups is 4. The Kier molecular flexibility index (Phi) is 11.7. The summed E-state index contributed by atoms with van der Waals surface area (Å²) in [7, 11) is 0. The first-order valence-corrected chi connectivity index (χ1v) is 11.8. The zero-order valence-corrected chi connectivity index (χ0v) is 20.5. The highest BCUT2D eigenvalue weighted by molar-refractivity contribution is 5.94. The monoisotopic (exact) mass is 521 g/mol. The highest BCUT2D eigenvalue weighted by atomic mass is 16.4. The van der Waals surface area contributed by atoms with Crippen LogP contribution in [-0.2, 0) is 32.0 Å². The lowest BCUT2D eigenvalue weighted by atomic mass is 10.1. The average molecular weight is 522 g/mol. The van der Waals surface area contributed by atoms with Gasteiger partial charge in [0.05, 0.1) is 18.8 Å². The molecular weight excluding hydrogens is 486 g/mol. The number of carboxylic acids is 1. The third kappa shape index (κ3) is 9.63. The van der Waals surface area contributed by atoms with Gasteiger partial charge < -0.3 is 47.6 Å². The van der Waals surface area contributed by atoms with E-state index in [4.69, 9.17) is 11.5 Å². The minimum absolute atomic E-state index is 0.0145. The third-order valence-electron chi connectivity index (χ3n) is 5.61. The first-order chi connectivity index (χ1) is 17.6. The Balaban J connectivity index is 2.21. The molecule has 0 spiro atoms. The van der Waals surface area contributed by atoms with Crippen LogP contribution < -0.4 is 27.4 Å². The molecule has 204 valence electrons. The van der Waals surface area contributed by atoms with Gasteiger partial charge in [0.25, 0.3) is 0 Å². The van der Waals surface area contributed by atoms with Crippen LogP contribution in [0.25, 0.3) is 0 Å². The summed E-state index contributed by atoms with van der Waals surface area (Å²) in [5.41, 5.74) is 12.2. The molecule has 0 bridgehead atoms. The van der Waals surface area contributed by atoms with E-state index in [0.29, 0.717) is 30.8 Å². The molecule has 0 aliphatic rings. The maximum absolute atomic E-state index is 13.3. The van der Waals surface area contributed by atoms with Crippen molar-refractivity contribution in [2.75, 3.05) is 6.54 Å². The van der Waals surface area contributed by atoms with E-state index in [1.54, 1.807) is 0 Å². The molecular formula is C22H35N9O6. The van der Waals surface area contributed by atoms with Gasteiger partial charge in [-0.05, 0) is 32.7 Å². The van der Waals surface area contributed by atoms with Gasteiger partial charge in [-0.1, -0.05) is 0 Å². The Hall–Kier alpha value is -3.82. The SMILES string of the molecule is CC(O)C(N)C(=O)NC(Cc1cnc[nH]1)C(=O)NC(Cc1cnc[nH]1)C(=O)NC(CCCCN)C(=O)O. The lowest BCUT2D eigenvalue weighted by Gasteiger charge is -2.25. The summed E-state index contributed by atoms with van der Waals surface area (Å²) in [6.45, 7) is 1.73. The Labute approximate surface area is 213 Å². The van der Waals surface area contributed by atoms with Gasteiger partial charge in [-0.25, -0.2) is 14.8 Å². The number of H-pyrrole nitrogens is 2. The van der Waals surface area contributed by atoms with Crippen LogP contribution in [0.4, 0.5) is 0 Å². The van der Waals surface area contributed by atoms with Crippen molar-refractivity contribution in [1.82, 2.24) is 35.9 Å². The number of unbranched alkanes of at least 4 members (excludes halogenated alkanes) is 1. The van der Waals surface area contributed by atoms with Crippen molar-refractivity contribution < 1.29 is 29.4 Å². The Morgan fingerprint density at radius 2 is 1.38 bits per heavy atom. The molecule has 2 rings (SSSR count). The molecule has 3 amide bonds. The van der Waals surface area contributed by atoms with E-state index in [-0.39, 0.29) is 19.3 Å². The number of nitrogens with one attached hydrogen (secondary N) is 5. The zero-order valence-electron chi connectivity index (χ0n) is 20.5. The first-order valence-electron chi connectivity index (χ1n) is 11.8. The topological polar surface area (TPSA) is 254 Å². The van der Waals surface area contributed by atoms with Crippen LogP contribution in [0.5, 0.6) is 0 Å². The number of aromatic nitrogens is 4. The van der Waals surface area contributed by atoms with E-state index >= 15 is 0 Å². The lowest BCUT2D eigenvalue weighted by Crippen LogP contribution is -2.59. The fraction of sp³-hybridized carbons (Fsp3) is 0.545. The van der Waals surface area contributed by atoms with Crippen molar-refractivity contribution in [3.63, 3.8) is 0 Å². The molecule has 2 aromatic rings. The number of nitrogens with two attached hydrogens (primary N) is 2. The maximum Gasteiger partial charge on any atom is 0.326 e. The van der Waals surface area contributed by atoms with Gasteiger partial charge in [0.1, 0.15) is 24.2 Å². The minimum Gasteiger partial charge on any atom is -0.480 e. The number of hydrogen-bond acceptors (Lipinski definition) is 9. The van der Waals surface area contributed by atoms with Gasteiger partial charge in [-0.15, -0.1) is 0 Å². The molecule has 5 unspecified atom stereocenters. The van der Waals surface area contributed by atoms with Gasteiger partial charge in [0, 0.05) is 36.6 Å². The molecule has 0 saturated carbocycles.